The van der Waals surface area contributed by atoms with Gasteiger partial charge in [-0.05, 0) is 18.6 Å². The van der Waals surface area contributed by atoms with Crippen molar-refractivity contribution in [1.29, 1.82) is 0 Å². The van der Waals surface area contributed by atoms with E-state index in [0.717, 1.165) is 17.3 Å². The number of pyridine rings is 1. The van der Waals surface area contributed by atoms with Gasteiger partial charge in [0.15, 0.2) is 0 Å². The van der Waals surface area contributed by atoms with Gasteiger partial charge in [-0.2, -0.15) is 0 Å². The van der Waals surface area contributed by atoms with Crippen molar-refractivity contribution in [1.82, 2.24) is 15.0 Å². The van der Waals surface area contributed by atoms with Gasteiger partial charge >= 0.3 is 0 Å². The molecular weight excluding hydrogens is 214 g/mol. The summed E-state index contributed by atoms with van der Waals surface area (Å²) in [6.45, 7) is 2.70. The van der Waals surface area contributed by atoms with Gasteiger partial charge in [-0.25, -0.2) is 9.97 Å². The van der Waals surface area contributed by atoms with Gasteiger partial charge in [0.25, 0.3) is 0 Å². The molecule has 0 aliphatic heterocycles. The maximum Gasteiger partial charge on any atom is 0.131 e. The molecule has 0 saturated heterocycles. The summed E-state index contributed by atoms with van der Waals surface area (Å²) < 4.78 is 0. The molecular formula is C12H15N5. The van der Waals surface area contributed by atoms with Gasteiger partial charge in [-0.1, -0.05) is 6.07 Å². The van der Waals surface area contributed by atoms with Gasteiger partial charge < -0.3 is 10.6 Å². The topological polar surface area (TPSA) is 62.7 Å². The molecule has 0 amide bonds. The summed E-state index contributed by atoms with van der Waals surface area (Å²) in [5.74, 6) is 1.58. The number of aromatic nitrogens is 3. The van der Waals surface area contributed by atoms with Gasteiger partial charge in [0, 0.05) is 19.3 Å². The molecule has 2 N–H and O–H groups in total. The Morgan fingerprint density at radius 2 is 2.00 bits per heavy atom. The fourth-order valence-electron chi connectivity index (χ4n) is 1.47. The molecule has 5 nitrogen and oxygen atoms in total. The molecule has 0 aliphatic rings. The lowest BCUT2D eigenvalue weighted by molar-refractivity contribution is 0.999. The molecule has 0 atom stereocenters. The highest BCUT2D eigenvalue weighted by atomic mass is 15.1. The third-order valence-electron chi connectivity index (χ3n) is 2.48. The first-order valence-electron chi connectivity index (χ1n) is 5.44. The molecule has 2 rings (SSSR count). The van der Waals surface area contributed by atoms with Crippen molar-refractivity contribution in [3.63, 3.8) is 0 Å². The van der Waals surface area contributed by atoms with Crippen molar-refractivity contribution >= 4 is 11.6 Å². The van der Waals surface area contributed by atoms with Gasteiger partial charge in [0.2, 0.25) is 0 Å². The van der Waals surface area contributed by atoms with E-state index in [-0.39, 0.29) is 0 Å². The van der Waals surface area contributed by atoms with E-state index < -0.39 is 0 Å². The van der Waals surface area contributed by atoms with Crippen LogP contribution in [0.1, 0.15) is 11.3 Å². The predicted octanol–water partition coefficient (Wildman–Crippen LogP) is 1.83. The largest absolute Gasteiger partial charge is 0.373 e. The Balaban J connectivity index is 2.05. The highest BCUT2D eigenvalue weighted by Gasteiger charge is 2.00. The molecule has 2 aromatic heterocycles. The Labute approximate surface area is 100 Å². The Kier molecular flexibility index (Phi) is 3.49. The van der Waals surface area contributed by atoms with E-state index in [2.05, 4.69) is 25.6 Å². The third-order valence-corrected chi connectivity index (χ3v) is 2.48. The lowest BCUT2D eigenvalue weighted by Crippen LogP contribution is -2.05. The molecule has 2 aromatic rings. The molecule has 0 unspecified atom stereocenters. The van der Waals surface area contributed by atoms with Crippen LogP contribution in [0.15, 0.2) is 30.7 Å². The molecule has 0 spiro atoms. The standard InChI is InChI=1S/C12H15N5/c1-9-4-3-5-14-10(9)7-15-12-6-11(13-2)16-8-17-12/h3-6,8H,7H2,1-2H3,(H2,13,15,16,17). The summed E-state index contributed by atoms with van der Waals surface area (Å²) >= 11 is 0. The maximum atomic E-state index is 4.31. The quantitative estimate of drug-likeness (QED) is 0.837. The number of nitrogens with zero attached hydrogens (tertiary/aromatic N) is 3. The van der Waals surface area contributed by atoms with Crippen molar-refractivity contribution in [3.05, 3.63) is 42.0 Å². The van der Waals surface area contributed by atoms with E-state index in [1.807, 2.05) is 32.2 Å². The van der Waals surface area contributed by atoms with Crippen molar-refractivity contribution in [2.24, 2.45) is 0 Å². The molecule has 0 radical (unpaired) electrons. The summed E-state index contributed by atoms with van der Waals surface area (Å²) in [7, 11) is 1.83. The fraction of sp³-hybridized carbons (Fsp3) is 0.250. The van der Waals surface area contributed by atoms with Crippen LogP contribution < -0.4 is 10.6 Å². The first-order chi connectivity index (χ1) is 8.29. The minimum Gasteiger partial charge on any atom is -0.373 e. The fourth-order valence-corrected chi connectivity index (χ4v) is 1.47. The number of rotatable bonds is 4. The van der Waals surface area contributed by atoms with Crippen molar-refractivity contribution in [3.8, 4) is 0 Å². The molecule has 17 heavy (non-hydrogen) atoms. The van der Waals surface area contributed by atoms with Gasteiger partial charge in [0.1, 0.15) is 18.0 Å². The summed E-state index contributed by atoms with van der Waals surface area (Å²) in [6.07, 6.45) is 3.32. The number of anilines is 2. The van der Waals surface area contributed by atoms with Crippen LogP contribution in [-0.4, -0.2) is 22.0 Å². The second kappa shape index (κ2) is 5.25. The smallest absolute Gasteiger partial charge is 0.131 e. The zero-order valence-corrected chi connectivity index (χ0v) is 9.94. The van der Waals surface area contributed by atoms with Crippen LogP contribution in [0.5, 0.6) is 0 Å². The Morgan fingerprint density at radius 1 is 1.18 bits per heavy atom. The highest BCUT2D eigenvalue weighted by Crippen LogP contribution is 2.10. The zero-order valence-electron chi connectivity index (χ0n) is 9.94. The first kappa shape index (κ1) is 11.3. The predicted molar refractivity (Wildman–Crippen MR) is 67.9 cm³/mol. The molecule has 0 aliphatic carbocycles. The average Bonchev–Trinajstić information content (AvgIpc) is 2.38. The van der Waals surface area contributed by atoms with Crippen LogP contribution in [0.25, 0.3) is 0 Å². The van der Waals surface area contributed by atoms with Crippen molar-refractivity contribution < 1.29 is 0 Å². The lowest BCUT2D eigenvalue weighted by atomic mass is 10.2. The van der Waals surface area contributed by atoms with Crippen LogP contribution >= 0.6 is 0 Å². The van der Waals surface area contributed by atoms with Crippen molar-refractivity contribution in [2.45, 2.75) is 13.5 Å². The van der Waals surface area contributed by atoms with Crippen molar-refractivity contribution in [2.75, 3.05) is 17.7 Å². The van der Waals surface area contributed by atoms with E-state index >= 15 is 0 Å². The number of aryl methyl sites for hydroxylation is 1. The average molecular weight is 229 g/mol. The number of hydrogen-bond acceptors (Lipinski definition) is 5. The Morgan fingerprint density at radius 3 is 2.76 bits per heavy atom. The molecule has 0 aromatic carbocycles. The number of hydrogen-bond donors (Lipinski definition) is 2. The third kappa shape index (κ3) is 2.90. The van der Waals surface area contributed by atoms with Crippen LogP contribution in [0.4, 0.5) is 11.6 Å². The summed E-state index contributed by atoms with van der Waals surface area (Å²) in [5, 5.41) is 6.19. The van der Waals surface area contributed by atoms with Crippen LogP contribution in [0.3, 0.4) is 0 Å². The van der Waals surface area contributed by atoms with Crippen LogP contribution in [-0.2, 0) is 6.54 Å². The summed E-state index contributed by atoms with van der Waals surface area (Å²) in [5.41, 5.74) is 2.19. The minimum atomic E-state index is 0.660. The molecule has 88 valence electrons. The van der Waals surface area contributed by atoms with Crippen LogP contribution in [0.2, 0.25) is 0 Å². The lowest BCUT2D eigenvalue weighted by Gasteiger charge is -2.07. The molecule has 0 saturated carbocycles. The zero-order chi connectivity index (χ0) is 12.1. The van der Waals surface area contributed by atoms with E-state index in [4.69, 9.17) is 0 Å². The molecule has 0 fully saturated rings. The van der Waals surface area contributed by atoms with E-state index in [1.54, 1.807) is 6.20 Å². The second-order valence-corrected chi connectivity index (χ2v) is 3.66. The van der Waals surface area contributed by atoms with E-state index in [9.17, 15) is 0 Å². The Hall–Kier alpha value is -2.17. The SMILES string of the molecule is CNc1cc(NCc2ncccc2C)ncn1. The second-order valence-electron chi connectivity index (χ2n) is 3.66. The first-order valence-corrected chi connectivity index (χ1v) is 5.44. The maximum absolute atomic E-state index is 4.31. The Bertz CT molecular complexity index is 498. The normalized spacial score (nSPS) is 10.0. The monoisotopic (exact) mass is 229 g/mol. The van der Waals surface area contributed by atoms with Gasteiger partial charge in [-0.15, -0.1) is 0 Å². The summed E-state index contributed by atoms with van der Waals surface area (Å²) in [6, 6.07) is 5.84. The van der Waals surface area contributed by atoms with E-state index in [1.165, 1.54) is 11.9 Å². The number of nitrogens with one attached hydrogen (secondary N) is 2. The minimum absolute atomic E-state index is 0.660. The molecule has 2 heterocycles. The molecule has 5 heteroatoms. The summed E-state index contributed by atoms with van der Waals surface area (Å²) in [4.78, 5) is 12.5. The van der Waals surface area contributed by atoms with Gasteiger partial charge in [-0.3, -0.25) is 4.98 Å². The van der Waals surface area contributed by atoms with Crippen LogP contribution in [0, 0.1) is 6.92 Å². The van der Waals surface area contributed by atoms with E-state index in [0.29, 0.717) is 6.54 Å². The molecule has 0 bridgehead atoms. The van der Waals surface area contributed by atoms with Gasteiger partial charge in [0.05, 0.1) is 12.2 Å². The highest BCUT2D eigenvalue weighted by molar-refractivity contribution is 5.46.